The average Bonchev–Trinajstić information content (AvgIpc) is 3.10. The van der Waals surface area contributed by atoms with Crippen molar-refractivity contribution < 1.29 is 4.74 Å². The van der Waals surface area contributed by atoms with Crippen molar-refractivity contribution >= 4 is 11.3 Å². The highest BCUT2D eigenvalue weighted by Crippen LogP contribution is 2.34. The molecule has 0 spiro atoms. The molecule has 2 aliphatic rings. The first-order valence-electron chi connectivity index (χ1n) is 8.56. The van der Waals surface area contributed by atoms with Gasteiger partial charge in [0.05, 0.1) is 12.1 Å². The van der Waals surface area contributed by atoms with Gasteiger partial charge in [-0.3, -0.25) is 11.3 Å². The minimum Gasteiger partial charge on any atom is -0.378 e. The molecule has 118 valence electrons. The number of nitrogens with one attached hydrogen (secondary N) is 1. The monoisotopic (exact) mass is 308 g/mol. The predicted octanol–water partition coefficient (Wildman–Crippen LogP) is 3.87. The molecule has 3 rings (SSSR count). The number of fused-ring (bicyclic) bond motifs is 1. The zero-order chi connectivity index (χ0) is 14.5. The second kappa shape index (κ2) is 7.73. The molecule has 1 fully saturated rings. The van der Waals surface area contributed by atoms with E-state index in [0.29, 0.717) is 12.1 Å². The van der Waals surface area contributed by atoms with Gasteiger partial charge in [-0.25, -0.2) is 0 Å². The third-order valence-corrected chi connectivity index (χ3v) is 6.20. The lowest BCUT2D eigenvalue weighted by atomic mass is 10.0. The molecule has 2 unspecified atom stereocenters. The van der Waals surface area contributed by atoms with Crippen LogP contribution in [-0.2, 0) is 17.6 Å². The fourth-order valence-corrected chi connectivity index (χ4v) is 4.94. The van der Waals surface area contributed by atoms with Crippen molar-refractivity contribution in [3.8, 4) is 0 Å². The van der Waals surface area contributed by atoms with Crippen molar-refractivity contribution in [2.24, 2.45) is 5.84 Å². The average molecular weight is 308 g/mol. The first kappa shape index (κ1) is 15.5. The third-order valence-electron chi connectivity index (χ3n) is 4.85. The Morgan fingerprint density at radius 3 is 3.00 bits per heavy atom. The molecule has 0 radical (unpaired) electrons. The molecule has 2 atom stereocenters. The van der Waals surface area contributed by atoms with Gasteiger partial charge in [-0.1, -0.05) is 6.42 Å². The summed E-state index contributed by atoms with van der Waals surface area (Å²) in [6, 6.07) is 2.74. The van der Waals surface area contributed by atoms with Gasteiger partial charge in [-0.15, -0.1) is 11.3 Å². The number of ether oxygens (including phenoxy) is 1. The Kier molecular flexibility index (Phi) is 5.69. The standard InChI is InChI=1S/C17H28N2OS/c18-19-15(9-4-7-14-8-5-11-20-14)17-12-13-6-2-1-3-10-16(13)21-17/h12,14-15,19H,1-11,18H2. The lowest BCUT2D eigenvalue weighted by molar-refractivity contribution is 0.101. The Bertz CT molecular complexity index is 416. The van der Waals surface area contributed by atoms with E-state index in [4.69, 9.17) is 10.6 Å². The van der Waals surface area contributed by atoms with E-state index in [2.05, 4.69) is 11.5 Å². The van der Waals surface area contributed by atoms with Crippen LogP contribution in [0.5, 0.6) is 0 Å². The van der Waals surface area contributed by atoms with Crippen molar-refractivity contribution in [3.05, 3.63) is 21.4 Å². The summed E-state index contributed by atoms with van der Waals surface area (Å²) in [5.74, 6) is 5.81. The zero-order valence-corrected chi connectivity index (χ0v) is 13.7. The normalized spacial score (nSPS) is 23.8. The van der Waals surface area contributed by atoms with Crippen molar-refractivity contribution in [1.82, 2.24) is 5.43 Å². The highest BCUT2D eigenvalue weighted by Gasteiger charge is 2.19. The highest BCUT2D eigenvalue weighted by molar-refractivity contribution is 7.12. The summed E-state index contributed by atoms with van der Waals surface area (Å²) >= 11 is 1.99. The molecule has 0 aromatic carbocycles. The minimum atomic E-state index is 0.323. The number of thiophene rings is 1. The van der Waals surface area contributed by atoms with E-state index in [9.17, 15) is 0 Å². The molecule has 21 heavy (non-hydrogen) atoms. The minimum absolute atomic E-state index is 0.323. The van der Waals surface area contributed by atoms with Crippen LogP contribution < -0.4 is 11.3 Å². The van der Waals surface area contributed by atoms with Crippen molar-refractivity contribution in [3.63, 3.8) is 0 Å². The van der Waals surface area contributed by atoms with Crippen LogP contribution in [0.1, 0.15) is 72.7 Å². The van der Waals surface area contributed by atoms with Gasteiger partial charge < -0.3 is 4.74 Å². The Balaban J connectivity index is 1.55. The number of nitrogens with two attached hydrogens (primary N) is 1. The Morgan fingerprint density at radius 2 is 2.19 bits per heavy atom. The van der Waals surface area contributed by atoms with Gasteiger partial charge in [0.1, 0.15) is 0 Å². The molecule has 2 heterocycles. The summed E-state index contributed by atoms with van der Waals surface area (Å²) in [5, 5.41) is 0. The van der Waals surface area contributed by atoms with Gasteiger partial charge in [0.2, 0.25) is 0 Å². The summed E-state index contributed by atoms with van der Waals surface area (Å²) < 4.78 is 5.71. The summed E-state index contributed by atoms with van der Waals surface area (Å²) in [6.07, 6.45) is 13.1. The summed E-state index contributed by atoms with van der Waals surface area (Å²) in [5.41, 5.74) is 4.63. The maximum Gasteiger partial charge on any atom is 0.0576 e. The molecule has 1 saturated heterocycles. The zero-order valence-electron chi connectivity index (χ0n) is 12.9. The van der Waals surface area contributed by atoms with E-state index in [0.717, 1.165) is 13.0 Å². The Labute approximate surface area is 132 Å². The molecule has 1 aliphatic carbocycles. The van der Waals surface area contributed by atoms with E-state index in [1.54, 1.807) is 10.4 Å². The van der Waals surface area contributed by atoms with Crippen molar-refractivity contribution in [2.45, 2.75) is 76.4 Å². The van der Waals surface area contributed by atoms with Crippen molar-refractivity contribution in [2.75, 3.05) is 6.61 Å². The lowest BCUT2D eigenvalue weighted by Crippen LogP contribution is -2.27. The molecule has 1 aromatic rings. The molecule has 1 aromatic heterocycles. The van der Waals surface area contributed by atoms with Crippen LogP contribution in [0, 0.1) is 0 Å². The predicted molar refractivity (Wildman–Crippen MR) is 88.5 cm³/mol. The molecular weight excluding hydrogens is 280 g/mol. The number of hydrazine groups is 1. The SMILES string of the molecule is NNC(CCCC1CCCO1)c1cc2c(s1)CCCCC2. The van der Waals surface area contributed by atoms with E-state index in [-0.39, 0.29) is 0 Å². The molecule has 0 bridgehead atoms. The van der Waals surface area contributed by atoms with Crippen LogP contribution in [0.15, 0.2) is 6.07 Å². The molecule has 4 heteroatoms. The number of rotatable bonds is 6. The highest BCUT2D eigenvalue weighted by atomic mass is 32.1. The maximum absolute atomic E-state index is 5.81. The maximum atomic E-state index is 5.81. The first-order chi connectivity index (χ1) is 10.4. The third kappa shape index (κ3) is 4.07. The van der Waals surface area contributed by atoms with Crippen LogP contribution in [0.25, 0.3) is 0 Å². The van der Waals surface area contributed by atoms with E-state index in [1.165, 1.54) is 62.7 Å². The topological polar surface area (TPSA) is 47.3 Å². The number of hydrogen-bond acceptors (Lipinski definition) is 4. The quantitative estimate of drug-likeness (QED) is 0.476. The Morgan fingerprint density at radius 1 is 1.29 bits per heavy atom. The van der Waals surface area contributed by atoms with Crippen LogP contribution in [0.2, 0.25) is 0 Å². The second-order valence-corrected chi connectivity index (χ2v) is 7.61. The van der Waals surface area contributed by atoms with Gasteiger partial charge in [-0.2, -0.15) is 0 Å². The first-order valence-corrected chi connectivity index (χ1v) is 9.37. The number of aryl methyl sites for hydroxylation is 2. The van der Waals surface area contributed by atoms with Crippen LogP contribution in [-0.4, -0.2) is 12.7 Å². The second-order valence-electron chi connectivity index (χ2n) is 6.44. The summed E-state index contributed by atoms with van der Waals surface area (Å²) in [4.78, 5) is 3.05. The largest absolute Gasteiger partial charge is 0.378 e. The summed E-state index contributed by atoms with van der Waals surface area (Å²) in [7, 11) is 0. The molecule has 3 N–H and O–H groups in total. The van der Waals surface area contributed by atoms with E-state index in [1.807, 2.05) is 11.3 Å². The molecule has 1 aliphatic heterocycles. The fourth-order valence-electron chi connectivity index (χ4n) is 3.59. The molecule has 0 amide bonds. The van der Waals surface area contributed by atoms with E-state index < -0.39 is 0 Å². The lowest BCUT2D eigenvalue weighted by Gasteiger charge is -2.15. The Hall–Kier alpha value is -0.420. The van der Waals surface area contributed by atoms with Gasteiger partial charge >= 0.3 is 0 Å². The van der Waals surface area contributed by atoms with Gasteiger partial charge in [0.25, 0.3) is 0 Å². The van der Waals surface area contributed by atoms with Crippen molar-refractivity contribution in [1.29, 1.82) is 0 Å². The van der Waals surface area contributed by atoms with Gasteiger partial charge in [0.15, 0.2) is 0 Å². The van der Waals surface area contributed by atoms with E-state index >= 15 is 0 Å². The molecule has 0 saturated carbocycles. The fraction of sp³-hybridized carbons (Fsp3) is 0.765. The van der Waals surface area contributed by atoms with Crippen LogP contribution in [0.4, 0.5) is 0 Å². The molecular formula is C17H28N2OS. The van der Waals surface area contributed by atoms with Gasteiger partial charge in [-0.05, 0) is 69.4 Å². The molecule has 3 nitrogen and oxygen atoms in total. The summed E-state index contributed by atoms with van der Waals surface area (Å²) in [6.45, 7) is 0.959. The van der Waals surface area contributed by atoms with Gasteiger partial charge in [0, 0.05) is 16.4 Å². The smallest absolute Gasteiger partial charge is 0.0576 e. The van der Waals surface area contributed by atoms with Crippen LogP contribution >= 0.6 is 11.3 Å². The number of hydrogen-bond donors (Lipinski definition) is 2. The van der Waals surface area contributed by atoms with Crippen LogP contribution in [0.3, 0.4) is 0 Å².